The first-order valence-electron chi connectivity index (χ1n) is 7.77. The normalized spacial score (nSPS) is 28.7. The molecule has 0 bridgehead atoms. The number of benzene rings is 1. The third-order valence-electron chi connectivity index (χ3n) is 4.92. The van der Waals surface area contributed by atoms with E-state index >= 15 is 0 Å². The van der Waals surface area contributed by atoms with E-state index in [1.807, 2.05) is 12.1 Å². The van der Waals surface area contributed by atoms with Crippen LogP contribution >= 0.6 is 0 Å². The van der Waals surface area contributed by atoms with Crippen LogP contribution in [0.15, 0.2) is 29.2 Å². The summed E-state index contributed by atoms with van der Waals surface area (Å²) in [6.45, 7) is 2.97. The molecule has 116 valence electrons. The van der Waals surface area contributed by atoms with E-state index in [1.54, 1.807) is 12.1 Å². The van der Waals surface area contributed by atoms with Gasteiger partial charge >= 0.3 is 0 Å². The van der Waals surface area contributed by atoms with E-state index in [-0.39, 0.29) is 0 Å². The number of fused-ring (bicyclic) bond motifs is 1. The van der Waals surface area contributed by atoms with Crippen molar-refractivity contribution in [2.75, 3.05) is 19.3 Å². The van der Waals surface area contributed by atoms with Gasteiger partial charge in [0.2, 0.25) is 0 Å². The van der Waals surface area contributed by atoms with Crippen LogP contribution in [0, 0.1) is 11.8 Å². The van der Waals surface area contributed by atoms with Crippen LogP contribution in [0.2, 0.25) is 0 Å². The van der Waals surface area contributed by atoms with E-state index in [1.165, 1.54) is 32.1 Å². The Morgan fingerprint density at radius 2 is 2.00 bits per heavy atom. The molecule has 1 saturated heterocycles. The average molecular weight is 308 g/mol. The Morgan fingerprint density at radius 3 is 2.71 bits per heavy atom. The molecule has 1 aliphatic heterocycles. The van der Waals surface area contributed by atoms with Crippen LogP contribution in [0.3, 0.4) is 0 Å². The predicted octanol–water partition coefficient (Wildman–Crippen LogP) is 1.57. The monoisotopic (exact) mass is 308 g/mol. The number of rotatable bonds is 5. The van der Waals surface area contributed by atoms with Gasteiger partial charge < -0.3 is 10.6 Å². The molecule has 3 atom stereocenters. The van der Waals surface area contributed by atoms with Crippen molar-refractivity contribution in [1.29, 1.82) is 0 Å². The maximum atomic E-state index is 11.4. The average Bonchev–Trinajstić information content (AvgIpc) is 3.03. The third kappa shape index (κ3) is 3.47. The molecule has 1 aromatic rings. The van der Waals surface area contributed by atoms with Crippen molar-refractivity contribution in [1.82, 2.24) is 10.6 Å². The lowest BCUT2D eigenvalue weighted by Crippen LogP contribution is -2.37. The molecule has 2 N–H and O–H groups in total. The molecular formula is C16H24N2O2S. The van der Waals surface area contributed by atoms with Crippen LogP contribution in [0.1, 0.15) is 24.8 Å². The van der Waals surface area contributed by atoms with Crippen molar-refractivity contribution < 1.29 is 8.42 Å². The maximum absolute atomic E-state index is 11.4. The molecule has 2 fully saturated rings. The minimum absolute atomic E-state index is 0.387. The highest BCUT2D eigenvalue weighted by molar-refractivity contribution is 7.90. The number of hydrogen-bond donors (Lipinski definition) is 2. The van der Waals surface area contributed by atoms with Crippen LogP contribution in [0.4, 0.5) is 0 Å². The van der Waals surface area contributed by atoms with E-state index in [4.69, 9.17) is 0 Å². The lowest BCUT2D eigenvalue weighted by Gasteiger charge is -2.18. The van der Waals surface area contributed by atoms with Crippen molar-refractivity contribution in [2.24, 2.45) is 11.8 Å². The lowest BCUT2D eigenvalue weighted by atomic mass is 9.94. The predicted molar refractivity (Wildman–Crippen MR) is 83.9 cm³/mol. The van der Waals surface area contributed by atoms with E-state index < -0.39 is 9.84 Å². The lowest BCUT2D eigenvalue weighted by molar-refractivity contribution is 0.393. The molecule has 4 nitrogen and oxygen atoms in total. The number of hydrogen-bond acceptors (Lipinski definition) is 4. The first-order chi connectivity index (χ1) is 10.0. The zero-order valence-electron chi connectivity index (χ0n) is 12.5. The standard InChI is InChI=1S/C16H24N2O2S/c1-21(19,20)14-7-5-12(6-8-14)9-17-11-16-15-4-2-3-13(15)10-18-16/h5-8,13,15-18H,2-4,9-11H2,1H3. The van der Waals surface area contributed by atoms with Gasteiger partial charge in [-0.1, -0.05) is 18.6 Å². The molecular weight excluding hydrogens is 284 g/mol. The summed E-state index contributed by atoms with van der Waals surface area (Å²) in [5, 5.41) is 7.13. The van der Waals surface area contributed by atoms with Crippen molar-refractivity contribution >= 4 is 9.84 Å². The second kappa shape index (κ2) is 6.07. The molecule has 0 spiro atoms. The summed E-state index contributed by atoms with van der Waals surface area (Å²) in [6, 6.07) is 7.77. The van der Waals surface area contributed by atoms with Gasteiger partial charge in [-0.2, -0.15) is 0 Å². The molecule has 1 saturated carbocycles. The fourth-order valence-corrected chi connectivity index (χ4v) is 4.38. The van der Waals surface area contributed by atoms with E-state index in [9.17, 15) is 8.42 Å². The molecule has 21 heavy (non-hydrogen) atoms. The van der Waals surface area contributed by atoms with Gasteiger partial charge in [-0.25, -0.2) is 8.42 Å². The van der Waals surface area contributed by atoms with Crippen LogP contribution < -0.4 is 10.6 Å². The number of sulfone groups is 1. The second-order valence-corrected chi connectivity index (χ2v) is 8.43. The van der Waals surface area contributed by atoms with Gasteiger partial charge in [-0.05, 0) is 48.9 Å². The first kappa shape index (κ1) is 15.0. The maximum Gasteiger partial charge on any atom is 0.175 e. The van der Waals surface area contributed by atoms with Crippen molar-refractivity contribution in [3.8, 4) is 0 Å². The Labute approximate surface area is 127 Å². The van der Waals surface area contributed by atoms with Crippen molar-refractivity contribution in [2.45, 2.75) is 36.7 Å². The van der Waals surface area contributed by atoms with Crippen molar-refractivity contribution in [3.05, 3.63) is 29.8 Å². The Hall–Kier alpha value is -0.910. The summed E-state index contributed by atoms with van der Waals surface area (Å²) in [7, 11) is -3.09. The van der Waals surface area contributed by atoms with E-state index in [0.717, 1.165) is 30.5 Å². The van der Waals surface area contributed by atoms with Crippen LogP contribution in [0.5, 0.6) is 0 Å². The SMILES string of the molecule is CS(=O)(=O)c1ccc(CNCC2NCC3CCCC32)cc1. The zero-order valence-corrected chi connectivity index (χ0v) is 13.3. The first-order valence-corrected chi connectivity index (χ1v) is 9.66. The van der Waals surface area contributed by atoms with Crippen LogP contribution in [0.25, 0.3) is 0 Å². The van der Waals surface area contributed by atoms with E-state index in [2.05, 4.69) is 10.6 Å². The highest BCUT2D eigenvalue weighted by Crippen LogP contribution is 2.37. The summed E-state index contributed by atoms with van der Waals surface area (Å²) < 4.78 is 22.8. The summed E-state index contributed by atoms with van der Waals surface area (Å²) >= 11 is 0. The Kier molecular flexibility index (Phi) is 4.33. The molecule has 3 rings (SSSR count). The topological polar surface area (TPSA) is 58.2 Å². The fraction of sp³-hybridized carbons (Fsp3) is 0.625. The summed E-state index contributed by atoms with van der Waals surface area (Å²) in [5.41, 5.74) is 1.13. The number of nitrogens with one attached hydrogen (secondary N) is 2. The zero-order chi connectivity index (χ0) is 14.9. The Balaban J connectivity index is 1.49. The molecule has 3 unspecified atom stereocenters. The quantitative estimate of drug-likeness (QED) is 0.867. The summed E-state index contributed by atoms with van der Waals surface area (Å²) in [4.78, 5) is 0.387. The molecule has 2 aliphatic rings. The van der Waals surface area contributed by atoms with Gasteiger partial charge in [0.25, 0.3) is 0 Å². The highest BCUT2D eigenvalue weighted by Gasteiger charge is 2.38. The molecule has 0 radical (unpaired) electrons. The molecule has 0 amide bonds. The minimum Gasteiger partial charge on any atom is -0.312 e. The smallest absolute Gasteiger partial charge is 0.175 e. The van der Waals surface area contributed by atoms with Crippen LogP contribution in [-0.4, -0.2) is 33.8 Å². The summed E-state index contributed by atoms with van der Waals surface area (Å²) in [5.74, 6) is 1.75. The molecule has 0 aromatic heterocycles. The van der Waals surface area contributed by atoms with Crippen LogP contribution in [-0.2, 0) is 16.4 Å². The Bertz CT molecular complexity index is 583. The van der Waals surface area contributed by atoms with Gasteiger partial charge in [-0.15, -0.1) is 0 Å². The summed E-state index contributed by atoms with van der Waals surface area (Å²) in [6.07, 6.45) is 5.39. The highest BCUT2D eigenvalue weighted by atomic mass is 32.2. The molecule has 5 heteroatoms. The molecule has 1 heterocycles. The molecule has 1 aromatic carbocycles. The fourth-order valence-electron chi connectivity index (χ4n) is 3.75. The van der Waals surface area contributed by atoms with Gasteiger partial charge in [0.15, 0.2) is 9.84 Å². The third-order valence-corrected chi connectivity index (χ3v) is 6.05. The van der Waals surface area contributed by atoms with Gasteiger partial charge in [0.05, 0.1) is 4.90 Å². The van der Waals surface area contributed by atoms with Gasteiger partial charge in [-0.3, -0.25) is 0 Å². The van der Waals surface area contributed by atoms with Gasteiger partial charge in [0, 0.05) is 25.4 Å². The minimum atomic E-state index is -3.09. The second-order valence-electron chi connectivity index (χ2n) is 6.42. The van der Waals surface area contributed by atoms with E-state index in [0.29, 0.717) is 10.9 Å². The van der Waals surface area contributed by atoms with Gasteiger partial charge in [0.1, 0.15) is 0 Å². The Morgan fingerprint density at radius 1 is 1.24 bits per heavy atom. The molecule has 1 aliphatic carbocycles. The van der Waals surface area contributed by atoms with Crippen molar-refractivity contribution in [3.63, 3.8) is 0 Å². The largest absolute Gasteiger partial charge is 0.312 e.